The van der Waals surface area contributed by atoms with Crippen molar-refractivity contribution < 1.29 is 0 Å². The minimum atomic E-state index is 0.340. The van der Waals surface area contributed by atoms with Crippen molar-refractivity contribution >= 4 is 0 Å². The summed E-state index contributed by atoms with van der Waals surface area (Å²) in [4.78, 5) is 4.06. The van der Waals surface area contributed by atoms with Crippen molar-refractivity contribution in [2.75, 3.05) is 0 Å². The second kappa shape index (κ2) is 6.34. The van der Waals surface area contributed by atoms with E-state index in [1.54, 1.807) is 6.20 Å². The lowest BCUT2D eigenvalue weighted by Crippen LogP contribution is -2.28. The molecule has 19 heavy (non-hydrogen) atoms. The second-order valence-corrected chi connectivity index (χ2v) is 4.88. The Labute approximate surface area is 115 Å². The van der Waals surface area contributed by atoms with E-state index in [-0.39, 0.29) is 0 Å². The Morgan fingerprint density at radius 3 is 2.63 bits per heavy atom. The van der Waals surface area contributed by atoms with Crippen LogP contribution in [-0.2, 0) is 0 Å². The van der Waals surface area contributed by atoms with Crippen molar-refractivity contribution in [2.45, 2.75) is 32.4 Å². The molecule has 2 atom stereocenters. The maximum atomic E-state index is 4.06. The summed E-state index contributed by atoms with van der Waals surface area (Å²) in [6, 6.07) is 9.34. The number of nitrogens with one attached hydrogen (secondary N) is 1. The molecular weight excluding hydrogens is 234 g/mol. The van der Waals surface area contributed by atoms with Crippen LogP contribution in [0.4, 0.5) is 0 Å². The molecule has 3 nitrogen and oxygen atoms in total. The van der Waals surface area contributed by atoms with Crippen LogP contribution in [-0.4, -0.2) is 15.6 Å². The molecule has 2 unspecified atom stereocenters. The van der Waals surface area contributed by atoms with Crippen LogP contribution in [0.2, 0.25) is 0 Å². The molecule has 0 aliphatic carbocycles. The van der Waals surface area contributed by atoms with E-state index < -0.39 is 0 Å². The van der Waals surface area contributed by atoms with Gasteiger partial charge in [-0.15, -0.1) is 6.58 Å². The van der Waals surface area contributed by atoms with Crippen LogP contribution in [0.1, 0.15) is 31.9 Å². The van der Waals surface area contributed by atoms with Crippen molar-refractivity contribution in [1.82, 2.24) is 14.9 Å². The Balaban J connectivity index is 2.03. The zero-order valence-electron chi connectivity index (χ0n) is 11.6. The Hall–Kier alpha value is -1.87. The summed E-state index contributed by atoms with van der Waals surface area (Å²) in [6.45, 7) is 8.14. The highest BCUT2D eigenvalue weighted by Gasteiger charge is 2.08. The molecule has 3 heteroatoms. The van der Waals surface area contributed by atoms with Gasteiger partial charge in [0.1, 0.15) is 0 Å². The number of benzene rings is 1. The molecule has 0 fully saturated rings. The van der Waals surface area contributed by atoms with Crippen LogP contribution in [0.15, 0.2) is 55.6 Å². The average Bonchev–Trinajstić information content (AvgIpc) is 2.93. The summed E-state index contributed by atoms with van der Waals surface area (Å²) in [5.74, 6) is 0. The molecule has 0 amide bonds. The highest BCUT2D eigenvalue weighted by molar-refractivity contribution is 5.35. The molecule has 0 aliphatic rings. The first-order valence-corrected chi connectivity index (χ1v) is 6.66. The van der Waals surface area contributed by atoms with Gasteiger partial charge in [0.05, 0.1) is 6.33 Å². The Morgan fingerprint density at radius 2 is 2.05 bits per heavy atom. The summed E-state index contributed by atoms with van der Waals surface area (Å²) in [5.41, 5.74) is 2.42. The van der Waals surface area contributed by atoms with Crippen molar-refractivity contribution in [3.05, 3.63) is 61.2 Å². The van der Waals surface area contributed by atoms with E-state index in [9.17, 15) is 0 Å². The van der Waals surface area contributed by atoms with Crippen LogP contribution >= 0.6 is 0 Å². The van der Waals surface area contributed by atoms with Gasteiger partial charge in [0.25, 0.3) is 0 Å². The normalized spacial score (nSPS) is 14.0. The Bertz CT molecular complexity index is 499. The van der Waals surface area contributed by atoms with E-state index in [4.69, 9.17) is 0 Å². The monoisotopic (exact) mass is 255 g/mol. The highest BCUT2D eigenvalue weighted by Crippen LogP contribution is 2.16. The van der Waals surface area contributed by atoms with Gasteiger partial charge in [0.2, 0.25) is 0 Å². The molecule has 0 saturated carbocycles. The molecule has 1 aromatic heterocycles. The average molecular weight is 255 g/mol. The third kappa shape index (κ3) is 3.55. The van der Waals surface area contributed by atoms with Gasteiger partial charge in [-0.05, 0) is 38.0 Å². The number of hydrogen-bond acceptors (Lipinski definition) is 2. The molecule has 0 bridgehead atoms. The summed E-state index contributed by atoms with van der Waals surface area (Å²) >= 11 is 0. The number of nitrogens with zero attached hydrogens (tertiary/aromatic N) is 2. The number of imidazole rings is 1. The maximum absolute atomic E-state index is 4.06. The van der Waals surface area contributed by atoms with Gasteiger partial charge in [0, 0.05) is 30.2 Å². The fourth-order valence-electron chi connectivity index (χ4n) is 2.19. The molecule has 1 heterocycles. The van der Waals surface area contributed by atoms with Crippen LogP contribution in [0.3, 0.4) is 0 Å². The first kappa shape index (κ1) is 13.6. The fourth-order valence-corrected chi connectivity index (χ4v) is 2.19. The summed E-state index contributed by atoms with van der Waals surface area (Å²) in [7, 11) is 0. The minimum Gasteiger partial charge on any atom is -0.307 e. The third-order valence-electron chi connectivity index (χ3n) is 3.25. The minimum absolute atomic E-state index is 0.340. The fraction of sp³-hybridized carbons (Fsp3) is 0.312. The molecule has 0 saturated heterocycles. The van der Waals surface area contributed by atoms with Gasteiger partial charge in [-0.2, -0.15) is 0 Å². The van der Waals surface area contributed by atoms with Crippen LogP contribution in [0.25, 0.3) is 5.69 Å². The summed E-state index contributed by atoms with van der Waals surface area (Å²) < 4.78 is 2.00. The highest BCUT2D eigenvalue weighted by atomic mass is 15.0. The standard InChI is InChI=1S/C16H21N3/c1-4-5-13(2)18-14(3)15-6-8-16(9-7-15)19-11-10-17-12-19/h4,6-14,18H,1,5H2,2-3H3. The number of rotatable bonds is 6. The van der Waals surface area contributed by atoms with Crippen LogP contribution in [0, 0.1) is 0 Å². The Kier molecular flexibility index (Phi) is 4.53. The van der Waals surface area contributed by atoms with Crippen molar-refractivity contribution in [3.8, 4) is 5.69 Å². The molecule has 1 N–H and O–H groups in total. The van der Waals surface area contributed by atoms with E-state index in [1.165, 1.54) is 5.56 Å². The van der Waals surface area contributed by atoms with Gasteiger partial charge >= 0.3 is 0 Å². The molecule has 100 valence electrons. The maximum Gasteiger partial charge on any atom is 0.0991 e. The third-order valence-corrected chi connectivity index (χ3v) is 3.25. The SMILES string of the molecule is C=CCC(C)NC(C)c1ccc(-n2ccnc2)cc1. The molecule has 0 spiro atoms. The first-order valence-electron chi connectivity index (χ1n) is 6.66. The van der Waals surface area contributed by atoms with Gasteiger partial charge < -0.3 is 9.88 Å². The quantitative estimate of drug-likeness (QED) is 0.801. The zero-order chi connectivity index (χ0) is 13.7. The lowest BCUT2D eigenvalue weighted by Gasteiger charge is -2.19. The van der Waals surface area contributed by atoms with Gasteiger partial charge in [0.15, 0.2) is 0 Å². The zero-order valence-corrected chi connectivity index (χ0v) is 11.6. The van der Waals surface area contributed by atoms with E-state index >= 15 is 0 Å². The van der Waals surface area contributed by atoms with Crippen molar-refractivity contribution in [2.24, 2.45) is 0 Å². The lowest BCUT2D eigenvalue weighted by molar-refractivity contribution is 0.482. The van der Waals surface area contributed by atoms with Gasteiger partial charge in [-0.25, -0.2) is 4.98 Å². The molecule has 0 aliphatic heterocycles. The first-order chi connectivity index (χ1) is 9.20. The lowest BCUT2D eigenvalue weighted by atomic mass is 10.1. The smallest absolute Gasteiger partial charge is 0.0991 e. The van der Waals surface area contributed by atoms with Crippen LogP contribution < -0.4 is 5.32 Å². The largest absolute Gasteiger partial charge is 0.307 e. The molecule has 0 radical (unpaired) electrons. The van der Waals surface area contributed by atoms with E-state index in [2.05, 4.69) is 55.0 Å². The van der Waals surface area contributed by atoms with E-state index in [0.717, 1.165) is 12.1 Å². The summed E-state index contributed by atoms with van der Waals surface area (Å²) in [6.07, 6.45) is 8.48. The van der Waals surface area contributed by atoms with Gasteiger partial charge in [-0.3, -0.25) is 0 Å². The van der Waals surface area contributed by atoms with Gasteiger partial charge in [-0.1, -0.05) is 18.2 Å². The second-order valence-electron chi connectivity index (χ2n) is 4.88. The van der Waals surface area contributed by atoms with E-state index in [0.29, 0.717) is 12.1 Å². The summed E-state index contributed by atoms with van der Waals surface area (Å²) in [5, 5.41) is 3.56. The predicted octanol–water partition coefficient (Wildman–Crippen LogP) is 3.49. The Morgan fingerprint density at radius 1 is 1.32 bits per heavy atom. The predicted molar refractivity (Wildman–Crippen MR) is 79.4 cm³/mol. The van der Waals surface area contributed by atoms with E-state index in [1.807, 2.05) is 23.2 Å². The molecular formula is C16H21N3. The van der Waals surface area contributed by atoms with Crippen molar-refractivity contribution in [3.63, 3.8) is 0 Å². The molecule has 2 rings (SSSR count). The number of aromatic nitrogens is 2. The number of hydrogen-bond donors (Lipinski definition) is 1. The topological polar surface area (TPSA) is 29.9 Å². The molecule has 1 aromatic carbocycles. The molecule has 2 aromatic rings. The van der Waals surface area contributed by atoms with Crippen LogP contribution in [0.5, 0.6) is 0 Å². The van der Waals surface area contributed by atoms with Crippen molar-refractivity contribution in [1.29, 1.82) is 0 Å².